The van der Waals surface area contributed by atoms with E-state index in [1.165, 1.54) is 6.07 Å². The van der Waals surface area contributed by atoms with Gasteiger partial charge in [0.25, 0.3) is 0 Å². The molecule has 0 spiro atoms. The Kier molecular flexibility index (Phi) is 3.61. The van der Waals surface area contributed by atoms with E-state index in [0.717, 1.165) is 26.2 Å². The fourth-order valence-corrected chi connectivity index (χ4v) is 2.43. The van der Waals surface area contributed by atoms with Crippen LogP contribution in [0, 0.1) is 11.7 Å². The highest BCUT2D eigenvalue weighted by Crippen LogP contribution is 2.27. The Morgan fingerprint density at radius 2 is 2.31 bits per heavy atom. The molecule has 1 saturated heterocycles. The minimum atomic E-state index is -0.150. The first kappa shape index (κ1) is 11.6. The van der Waals surface area contributed by atoms with Crippen LogP contribution < -0.4 is 0 Å². The molecule has 0 saturated carbocycles. The maximum atomic E-state index is 13.0. The molecule has 1 unspecified atom stereocenters. The van der Waals surface area contributed by atoms with Crippen LogP contribution in [0.25, 0.3) is 0 Å². The second-order valence-electron chi connectivity index (χ2n) is 4.57. The molecule has 1 aliphatic rings. The summed E-state index contributed by atoms with van der Waals surface area (Å²) in [5.41, 5.74) is 0. The van der Waals surface area contributed by atoms with Gasteiger partial charge >= 0.3 is 0 Å². The van der Waals surface area contributed by atoms with E-state index in [4.69, 9.17) is 4.74 Å². The maximum absolute atomic E-state index is 13.0. The Hall–Kier alpha value is -0.870. The van der Waals surface area contributed by atoms with Crippen LogP contribution in [0.4, 0.5) is 4.39 Å². The molecular formula is C12H19FN2O. The first-order valence-corrected chi connectivity index (χ1v) is 5.75. The summed E-state index contributed by atoms with van der Waals surface area (Å²) in [7, 11) is 1.72. The highest BCUT2D eigenvalue weighted by molar-refractivity contribution is 4.99. The molecule has 1 aliphatic heterocycles. The van der Waals surface area contributed by atoms with Gasteiger partial charge in [0.05, 0.1) is 6.61 Å². The number of halogens is 1. The van der Waals surface area contributed by atoms with Gasteiger partial charge in [0.2, 0.25) is 0 Å². The van der Waals surface area contributed by atoms with Crippen molar-refractivity contribution in [1.82, 2.24) is 9.47 Å². The van der Waals surface area contributed by atoms with Gasteiger partial charge < -0.3 is 9.30 Å². The number of nitrogens with zero attached hydrogens (tertiary/aromatic N) is 2. The molecule has 2 atom stereocenters. The molecule has 16 heavy (non-hydrogen) atoms. The molecule has 90 valence electrons. The van der Waals surface area contributed by atoms with Crippen molar-refractivity contribution < 1.29 is 9.13 Å². The average molecular weight is 226 g/mol. The van der Waals surface area contributed by atoms with Crippen molar-refractivity contribution in [3.8, 4) is 0 Å². The third kappa shape index (κ3) is 2.44. The number of rotatable bonds is 4. The van der Waals surface area contributed by atoms with E-state index in [-0.39, 0.29) is 5.82 Å². The first-order chi connectivity index (χ1) is 7.70. The van der Waals surface area contributed by atoms with E-state index in [1.54, 1.807) is 13.3 Å². The number of aromatic nitrogens is 1. The fourth-order valence-electron chi connectivity index (χ4n) is 2.43. The maximum Gasteiger partial charge on any atom is 0.140 e. The van der Waals surface area contributed by atoms with E-state index in [2.05, 4.69) is 11.8 Å². The SMILES string of the molecule is COCCN1CC(C)[C@H](n2ccc(F)c2)C1. The topological polar surface area (TPSA) is 17.4 Å². The number of hydrogen-bond acceptors (Lipinski definition) is 2. The monoisotopic (exact) mass is 226 g/mol. The van der Waals surface area contributed by atoms with Crippen LogP contribution in [0.15, 0.2) is 18.5 Å². The first-order valence-electron chi connectivity index (χ1n) is 5.75. The standard InChI is InChI=1S/C12H19FN2O/c1-10-7-14(5-6-16-2)9-12(10)15-4-3-11(13)8-15/h3-4,8,10,12H,5-7,9H2,1-2H3/t10?,12-/m1/s1. The highest BCUT2D eigenvalue weighted by Gasteiger charge is 2.30. The van der Waals surface area contributed by atoms with Crippen LogP contribution in [0.2, 0.25) is 0 Å². The van der Waals surface area contributed by atoms with Crippen LogP contribution in [0.5, 0.6) is 0 Å². The van der Waals surface area contributed by atoms with Crippen molar-refractivity contribution >= 4 is 0 Å². The lowest BCUT2D eigenvalue weighted by Crippen LogP contribution is -2.25. The van der Waals surface area contributed by atoms with Crippen molar-refractivity contribution in [3.63, 3.8) is 0 Å². The molecule has 4 heteroatoms. The van der Waals surface area contributed by atoms with Crippen LogP contribution >= 0.6 is 0 Å². The lowest BCUT2D eigenvalue weighted by Gasteiger charge is -2.16. The summed E-state index contributed by atoms with van der Waals surface area (Å²) < 4.78 is 20.0. The molecule has 1 aromatic rings. The Balaban J connectivity index is 1.97. The Morgan fingerprint density at radius 3 is 2.94 bits per heavy atom. The third-order valence-electron chi connectivity index (χ3n) is 3.32. The molecule has 1 fully saturated rings. The van der Waals surface area contributed by atoms with E-state index >= 15 is 0 Å². The van der Waals surface area contributed by atoms with Crippen molar-refractivity contribution in [2.75, 3.05) is 33.4 Å². The fraction of sp³-hybridized carbons (Fsp3) is 0.667. The van der Waals surface area contributed by atoms with Crippen LogP contribution in [0.3, 0.4) is 0 Å². The summed E-state index contributed by atoms with van der Waals surface area (Å²) in [4.78, 5) is 2.37. The van der Waals surface area contributed by atoms with Gasteiger partial charge in [-0.3, -0.25) is 4.90 Å². The van der Waals surface area contributed by atoms with Crippen molar-refractivity contribution in [3.05, 3.63) is 24.3 Å². The highest BCUT2D eigenvalue weighted by atomic mass is 19.1. The van der Waals surface area contributed by atoms with Gasteiger partial charge in [-0.15, -0.1) is 0 Å². The summed E-state index contributed by atoms with van der Waals surface area (Å²) in [6, 6.07) is 1.91. The third-order valence-corrected chi connectivity index (χ3v) is 3.32. The number of methoxy groups -OCH3 is 1. The van der Waals surface area contributed by atoms with Crippen molar-refractivity contribution in [2.45, 2.75) is 13.0 Å². The summed E-state index contributed by atoms with van der Waals surface area (Å²) in [5, 5.41) is 0. The van der Waals surface area contributed by atoms with E-state index in [1.807, 2.05) is 10.8 Å². The molecule has 0 radical (unpaired) electrons. The lowest BCUT2D eigenvalue weighted by molar-refractivity contribution is 0.158. The Bertz CT molecular complexity index is 340. The zero-order valence-electron chi connectivity index (χ0n) is 9.90. The predicted octanol–water partition coefficient (Wildman–Crippen LogP) is 1.77. The van der Waals surface area contributed by atoms with E-state index < -0.39 is 0 Å². The van der Waals surface area contributed by atoms with Crippen LogP contribution in [-0.2, 0) is 4.74 Å². The molecule has 0 aromatic carbocycles. The number of hydrogen-bond donors (Lipinski definition) is 0. The van der Waals surface area contributed by atoms with Gasteiger partial charge in [-0.05, 0) is 12.0 Å². The molecule has 2 rings (SSSR count). The summed E-state index contributed by atoms with van der Waals surface area (Å²) in [5.74, 6) is 0.409. The Morgan fingerprint density at radius 1 is 1.50 bits per heavy atom. The van der Waals surface area contributed by atoms with Crippen molar-refractivity contribution in [1.29, 1.82) is 0 Å². The molecule has 3 nitrogen and oxygen atoms in total. The summed E-state index contributed by atoms with van der Waals surface area (Å²) in [6.07, 6.45) is 3.41. The van der Waals surface area contributed by atoms with Gasteiger partial charge in [0.15, 0.2) is 0 Å². The minimum Gasteiger partial charge on any atom is -0.383 e. The molecular weight excluding hydrogens is 207 g/mol. The number of ether oxygens (including phenoxy) is 1. The summed E-state index contributed by atoms with van der Waals surface area (Å²) >= 11 is 0. The largest absolute Gasteiger partial charge is 0.383 e. The average Bonchev–Trinajstić information content (AvgIpc) is 2.82. The van der Waals surface area contributed by atoms with Gasteiger partial charge in [-0.25, -0.2) is 4.39 Å². The smallest absolute Gasteiger partial charge is 0.140 e. The molecule has 0 bridgehead atoms. The van der Waals surface area contributed by atoms with Gasteiger partial charge in [-0.1, -0.05) is 6.92 Å². The normalized spacial score (nSPS) is 26.4. The molecule has 0 N–H and O–H groups in total. The second kappa shape index (κ2) is 4.97. The van der Waals surface area contributed by atoms with Gasteiger partial charge in [0, 0.05) is 45.2 Å². The molecule has 0 aliphatic carbocycles. The lowest BCUT2D eigenvalue weighted by atomic mass is 10.1. The summed E-state index contributed by atoms with van der Waals surface area (Å²) in [6.45, 7) is 5.99. The zero-order chi connectivity index (χ0) is 11.5. The Labute approximate surface area is 95.8 Å². The molecule has 0 amide bonds. The van der Waals surface area contributed by atoms with Crippen LogP contribution in [0.1, 0.15) is 13.0 Å². The molecule has 1 aromatic heterocycles. The van der Waals surface area contributed by atoms with E-state index in [0.29, 0.717) is 12.0 Å². The van der Waals surface area contributed by atoms with Crippen LogP contribution in [-0.4, -0.2) is 42.8 Å². The molecule has 2 heterocycles. The van der Waals surface area contributed by atoms with Gasteiger partial charge in [-0.2, -0.15) is 0 Å². The number of likely N-dealkylation sites (tertiary alicyclic amines) is 1. The quantitative estimate of drug-likeness (QED) is 0.778. The van der Waals surface area contributed by atoms with Gasteiger partial charge in [0.1, 0.15) is 5.82 Å². The minimum absolute atomic E-state index is 0.150. The second-order valence-corrected chi connectivity index (χ2v) is 4.57. The van der Waals surface area contributed by atoms with E-state index in [9.17, 15) is 4.39 Å². The van der Waals surface area contributed by atoms with Crippen molar-refractivity contribution in [2.24, 2.45) is 5.92 Å². The predicted molar refractivity (Wildman–Crippen MR) is 60.9 cm³/mol. The zero-order valence-corrected chi connectivity index (χ0v) is 9.90.